The molecule has 0 radical (unpaired) electrons. The summed E-state index contributed by atoms with van der Waals surface area (Å²) in [4.78, 5) is 28.4. The van der Waals surface area contributed by atoms with Gasteiger partial charge in [-0.25, -0.2) is 0 Å². The van der Waals surface area contributed by atoms with Gasteiger partial charge in [-0.3, -0.25) is 9.59 Å². The maximum Gasteiger partial charge on any atom is 0.243 e. The first-order valence-electron chi connectivity index (χ1n) is 12.0. The van der Waals surface area contributed by atoms with E-state index in [1.807, 2.05) is 97.9 Å². The number of rotatable bonds is 13. The second-order valence-electron chi connectivity index (χ2n) is 8.27. The van der Waals surface area contributed by atoms with Crippen LogP contribution < -0.4 is 10.1 Å². The maximum atomic E-state index is 13.5. The minimum Gasteiger partial charge on any atom is -0.494 e. The number of carbonyl (C=O) groups is 2. The van der Waals surface area contributed by atoms with Crippen molar-refractivity contribution in [1.82, 2.24) is 10.2 Å². The second kappa shape index (κ2) is 13.8. The molecule has 0 saturated heterocycles. The van der Waals surface area contributed by atoms with E-state index in [4.69, 9.17) is 4.74 Å². The van der Waals surface area contributed by atoms with Gasteiger partial charge in [0.2, 0.25) is 11.8 Å². The van der Waals surface area contributed by atoms with Crippen LogP contribution in [0.25, 0.3) is 0 Å². The van der Waals surface area contributed by atoms with Crippen molar-refractivity contribution in [2.75, 3.05) is 13.2 Å². The van der Waals surface area contributed by atoms with Gasteiger partial charge >= 0.3 is 0 Å². The lowest BCUT2D eigenvalue weighted by molar-refractivity contribution is -0.141. The third-order valence-corrected chi connectivity index (χ3v) is 5.56. The lowest BCUT2D eigenvalue weighted by Crippen LogP contribution is -2.50. The van der Waals surface area contributed by atoms with Crippen LogP contribution in [0.2, 0.25) is 0 Å². The van der Waals surface area contributed by atoms with Crippen molar-refractivity contribution in [3.05, 3.63) is 102 Å². The van der Waals surface area contributed by atoms with Gasteiger partial charge in [-0.2, -0.15) is 0 Å². The highest BCUT2D eigenvalue weighted by atomic mass is 16.5. The number of carbonyl (C=O) groups excluding carboxylic acids is 2. The van der Waals surface area contributed by atoms with E-state index in [-0.39, 0.29) is 11.8 Å². The average molecular weight is 459 g/mol. The Bertz CT molecular complexity index is 994. The van der Waals surface area contributed by atoms with E-state index in [9.17, 15) is 9.59 Å². The first kappa shape index (κ1) is 25.0. The van der Waals surface area contributed by atoms with Crippen LogP contribution in [0.5, 0.6) is 5.75 Å². The molecule has 0 aliphatic heterocycles. The number of amides is 2. The Labute approximate surface area is 202 Å². The lowest BCUT2D eigenvalue weighted by Gasteiger charge is -2.31. The summed E-state index contributed by atoms with van der Waals surface area (Å²) in [6.07, 6.45) is 2.20. The molecule has 0 fully saturated rings. The quantitative estimate of drug-likeness (QED) is 0.366. The Kier molecular flexibility index (Phi) is 10.2. The monoisotopic (exact) mass is 458 g/mol. The molecule has 1 unspecified atom stereocenters. The molecule has 0 heterocycles. The van der Waals surface area contributed by atoms with Crippen LogP contribution >= 0.6 is 0 Å². The van der Waals surface area contributed by atoms with Crippen LogP contribution in [-0.4, -0.2) is 35.9 Å². The Hall–Kier alpha value is -3.60. The molecule has 0 aliphatic rings. The molecule has 0 bridgehead atoms. The van der Waals surface area contributed by atoms with Gasteiger partial charge in [-0.15, -0.1) is 0 Å². The molecular weight excluding hydrogens is 424 g/mol. The normalized spacial score (nSPS) is 11.4. The molecule has 2 amide bonds. The molecule has 34 heavy (non-hydrogen) atoms. The fraction of sp³-hybridized carbons (Fsp3) is 0.310. The van der Waals surface area contributed by atoms with Crippen LogP contribution in [0.4, 0.5) is 0 Å². The fourth-order valence-electron chi connectivity index (χ4n) is 3.77. The van der Waals surface area contributed by atoms with E-state index in [0.29, 0.717) is 39.0 Å². The van der Waals surface area contributed by atoms with Crippen LogP contribution in [0.15, 0.2) is 91.0 Å². The largest absolute Gasteiger partial charge is 0.494 e. The molecular formula is C29H34N2O3. The predicted molar refractivity (Wildman–Crippen MR) is 135 cm³/mol. The summed E-state index contributed by atoms with van der Waals surface area (Å²) in [5.41, 5.74) is 2.02. The van der Waals surface area contributed by atoms with Crippen molar-refractivity contribution in [2.45, 2.75) is 45.2 Å². The molecule has 3 rings (SSSR count). The summed E-state index contributed by atoms with van der Waals surface area (Å²) >= 11 is 0. The number of nitrogens with zero attached hydrogens (tertiary/aromatic N) is 1. The first-order valence-corrected chi connectivity index (χ1v) is 12.0. The summed E-state index contributed by atoms with van der Waals surface area (Å²) in [5, 5.41) is 3.01. The summed E-state index contributed by atoms with van der Waals surface area (Å²) in [7, 11) is 0. The standard InChI is InChI=1S/C29H34N2O3/c1-2-20-30-29(33)27(22-24-13-6-3-7-14-24)31(23-25-15-8-4-9-16-25)28(32)19-12-21-34-26-17-10-5-11-18-26/h3-11,13-18,27H,2,12,19-23H2,1H3,(H,30,33). The maximum absolute atomic E-state index is 13.5. The molecule has 0 spiro atoms. The molecule has 0 saturated carbocycles. The van der Waals surface area contributed by atoms with Gasteiger partial charge in [0, 0.05) is 25.9 Å². The van der Waals surface area contributed by atoms with E-state index >= 15 is 0 Å². The minimum atomic E-state index is -0.586. The van der Waals surface area contributed by atoms with Crippen molar-refractivity contribution in [2.24, 2.45) is 0 Å². The molecule has 0 aliphatic carbocycles. The predicted octanol–water partition coefficient (Wildman–Crippen LogP) is 5.01. The van der Waals surface area contributed by atoms with Crippen molar-refractivity contribution < 1.29 is 14.3 Å². The molecule has 178 valence electrons. The molecule has 1 atom stereocenters. The van der Waals surface area contributed by atoms with Gasteiger partial charge in [0.25, 0.3) is 0 Å². The molecule has 3 aromatic carbocycles. The number of para-hydroxylation sites is 1. The molecule has 5 heteroatoms. The average Bonchev–Trinajstić information content (AvgIpc) is 2.89. The number of hydrogen-bond donors (Lipinski definition) is 1. The molecule has 1 N–H and O–H groups in total. The van der Waals surface area contributed by atoms with Crippen molar-refractivity contribution >= 4 is 11.8 Å². The minimum absolute atomic E-state index is 0.0481. The summed E-state index contributed by atoms with van der Waals surface area (Å²) in [6, 6.07) is 28.7. The highest BCUT2D eigenvalue weighted by Gasteiger charge is 2.29. The highest BCUT2D eigenvalue weighted by molar-refractivity contribution is 5.88. The van der Waals surface area contributed by atoms with Gasteiger partial charge in [-0.1, -0.05) is 85.8 Å². The van der Waals surface area contributed by atoms with Crippen LogP contribution in [0, 0.1) is 0 Å². The zero-order valence-electron chi connectivity index (χ0n) is 19.9. The third kappa shape index (κ3) is 8.07. The van der Waals surface area contributed by atoms with Crippen LogP contribution in [-0.2, 0) is 22.6 Å². The third-order valence-electron chi connectivity index (χ3n) is 5.56. The van der Waals surface area contributed by atoms with Crippen molar-refractivity contribution in [3.63, 3.8) is 0 Å². The topological polar surface area (TPSA) is 58.6 Å². The van der Waals surface area contributed by atoms with Gasteiger partial charge in [0.15, 0.2) is 0 Å². The second-order valence-corrected chi connectivity index (χ2v) is 8.27. The number of benzene rings is 3. The van der Waals surface area contributed by atoms with E-state index in [2.05, 4.69) is 5.32 Å². The zero-order chi connectivity index (χ0) is 24.0. The summed E-state index contributed by atoms with van der Waals surface area (Å²) in [6.45, 7) is 3.44. The van der Waals surface area contributed by atoms with Crippen LogP contribution in [0.3, 0.4) is 0 Å². The first-order chi connectivity index (χ1) is 16.7. The van der Waals surface area contributed by atoms with E-state index in [1.54, 1.807) is 4.90 Å². The van der Waals surface area contributed by atoms with E-state index in [1.165, 1.54) is 0 Å². The summed E-state index contributed by atoms with van der Waals surface area (Å²) in [5.74, 6) is 0.626. The Morgan fingerprint density at radius 1 is 0.853 bits per heavy atom. The fourth-order valence-corrected chi connectivity index (χ4v) is 3.77. The Balaban J connectivity index is 1.75. The molecule has 3 aromatic rings. The lowest BCUT2D eigenvalue weighted by atomic mass is 10.0. The van der Waals surface area contributed by atoms with E-state index in [0.717, 1.165) is 23.3 Å². The zero-order valence-corrected chi connectivity index (χ0v) is 19.9. The SMILES string of the molecule is CCCNC(=O)C(Cc1ccccc1)N(Cc1ccccc1)C(=O)CCCOc1ccccc1. The number of ether oxygens (including phenoxy) is 1. The smallest absolute Gasteiger partial charge is 0.243 e. The van der Waals surface area contributed by atoms with E-state index < -0.39 is 6.04 Å². The number of hydrogen-bond acceptors (Lipinski definition) is 3. The van der Waals surface area contributed by atoms with Gasteiger partial charge in [0.05, 0.1) is 6.61 Å². The van der Waals surface area contributed by atoms with Crippen molar-refractivity contribution in [3.8, 4) is 5.75 Å². The molecule has 0 aromatic heterocycles. The summed E-state index contributed by atoms with van der Waals surface area (Å²) < 4.78 is 5.76. The highest BCUT2D eigenvalue weighted by Crippen LogP contribution is 2.17. The van der Waals surface area contributed by atoms with Gasteiger partial charge < -0.3 is 15.0 Å². The molecule has 5 nitrogen and oxygen atoms in total. The van der Waals surface area contributed by atoms with Crippen LogP contribution in [0.1, 0.15) is 37.3 Å². The Morgan fingerprint density at radius 2 is 1.44 bits per heavy atom. The van der Waals surface area contributed by atoms with Gasteiger partial charge in [-0.05, 0) is 36.1 Å². The van der Waals surface area contributed by atoms with Crippen molar-refractivity contribution in [1.29, 1.82) is 0 Å². The number of nitrogens with one attached hydrogen (secondary N) is 1. The Morgan fingerprint density at radius 3 is 2.06 bits per heavy atom. The van der Waals surface area contributed by atoms with Gasteiger partial charge in [0.1, 0.15) is 11.8 Å².